The van der Waals surface area contributed by atoms with Gasteiger partial charge in [0.1, 0.15) is 12.2 Å². The Morgan fingerprint density at radius 2 is 1.93 bits per heavy atom. The maximum absolute atomic E-state index is 13.1. The van der Waals surface area contributed by atoms with Crippen molar-refractivity contribution in [1.29, 1.82) is 0 Å². The number of aryl methyl sites for hydroxylation is 1. The number of hydrogen-bond acceptors (Lipinski definition) is 4. The van der Waals surface area contributed by atoms with E-state index in [1.165, 1.54) is 6.26 Å². The molecule has 0 spiro atoms. The third-order valence-electron chi connectivity index (χ3n) is 4.15. The average molecular weight is 401 g/mol. The maximum atomic E-state index is 13.1. The second-order valence-electron chi connectivity index (χ2n) is 6.08. The quantitative estimate of drug-likeness (QED) is 0.406. The van der Waals surface area contributed by atoms with Crippen molar-refractivity contribution in [1.82, 2.24) is 0 Å². The summed E-state index contributed by atoms with van der Waals surface area (Å²) < 4.78 is 17.2. The van der Waals surface area contributed by atoms with Crippen LogP contribution in [0.15, 0.2) is 68.4 Å². The molecule has 0 aliphatic rings. The van der Waals surface area contributed by atoms with Gasteiger partial charge in [-0.15, -0.1) is 0 Å². The Hall–Kier alpha value is -2.69. The SMILES string of the molecule is Cc1cc2oc(-c3ccco3)c(OCc3cccc(Cl)c3)c(=O)c2cc1Cl. The summed E-state index contributed by atoms with van der Waals surface area (Å²) in [4.78, 5) is 13.1. The Kier molecular flexibility index (Phi) is 4.68. The van der Waals surface area contributed by atoms with Crippen LogP contribution in [0.3, 0.4) is 0 Å². The van der Waals surface area contributed by atoms with Gasteiger partial charge < -0.3 is 13.6 Å². The number of ether oxygens (including phenoxy) is 1. The van der Waals surface area contributed by atoms with Crippen LogP contribution >= 0.6 is 23.2 Å². The molecule has 0 saturated carbocycles. The van der Waals surface area contributed by atoms with E-state index in [0.29, 0.717) is 26.8 Å². The molecule has 0 amide bonds. The third-order valence-corrected chi connectivity index (χ3v) is 4.79. The highest BCUT2D eigenvalue weighted by atomic mass is 35.5. The van der Waals surface area contributed by atoms with Gasteiger partial charge in [0, 0.05) is 10.0 Å². The summed E-state index contributed by atoms with van der Waals surface area (Å²) in [5.41, 5.74) is 1.75. The Morgan fingerprint density at radius 3 is 2.67 bits per heavy atom. The molecule has 0 N–H and O–H groups in total. The lowest BCUT2D eigenvalue weighted by molar-refractivity contribution is 0.296. The van der Waals surface area contributed by atoms with Crippen molar-refractivity contribution >= 4 is 34.2 Å². The van der Waals surface area contributed by atoms with Crippen molar-refractivity contribution in [3.63, 3.8) is 0 Å². The number of halogens is 2. The van der Waals surface area contributed by atoms with Crippen molar-refractivity contribution < 1.29 is 13.6 Å². The highest BCUT2D eigenvalue weighted by Gasteiger charge is 2.20. The molecule has 0 aliphatic carbocycles. The van der Waals surface area contributed by atoms with E-state index in [1.807, 2.05) is 19.1 Å². The summed E-state index contributed by atoms with van der Waals surface area (Å²) in [6.07, 6.45) is 1.51. The van der Waals surface area contributed by atoms with E-state index >= 15 is 0 Å². The van der Waals surface area contributed by atoms with E-state index < -0.39 is 0 Å². The van der Waals surface area contributed by atoms with Crippen molar-refractivity contribution in [2.24, 2.45) is 0 Å². The third kappa shape index (κ3) is 3.46. The molecular formula is C21H14Cl2O4. The van der Waals surface area contributed by atoms with Crippen LogP contribution in [0.5, 0.6) is 5.75 Å². The van der Waals surface area contributed by atoms with Gasteiger partial charge in [-0.1, -0.05) is 35.3 Å². The summed E-state index contributed by atoms with van der Waals surface area (Å²) in [5, 5.41) is 1.43. The molecule has 0 aliphatic heterocycles. The normalized spacial score (nSPS) is 11.1. The molecule has 2 heterocycles. The molecule has 27 heavy (non-hydrogen) atoms. The molecule has 0 saturated heterocycles. The standard InChI is InChI=1S/C21H14Cl2O4/c1-12-8-18-15(10-16(12)23)19(24)21(20(27-18)17-6-3-7-25-17)26-11-13-4-2-5-14(22)9-13/h2-10H,11H2,1H3. The lowest BCUT2D eigenvalue weighted by atomic mass is 10.1. The largest absolute Gasteiger partial charge is 0.481 e. The van der Waals surface area contributed by atoms with E-state index in [2.05, 4.69) is 0 Å². The summed E-state index contributed by atoms with van der Waals surface area (Å²) in [5.74, 6) is 0.710. The molecule has 0 fully saturated rings. The second kappa shape index (κ2) is 7.14. The van der Waals surface area contributed by atoms with Gasteiger partial charge in [0.05, 0.1) is 11.6 Å². The van der Waals surface area contributed by atoms with Crippen molar-refractivity contribution in [2.45, 2.75) is 13.5 Å². The van der Waals surface area contributed by atoms with Crippen molar-refractivity contribution in [3.05, 3.63) is 86.2 Å². The molecule has 4 nitrogen and oxygen atoms in total. The zero-order chi connectivity index (χ0) is 19.0. The van der Waals surface area contributed by atoms with Crippen LogP contribution in [0, 0.1) is 6.92 Å². The lowest BCUT2D eigenvalue weighted by Gasteiger charge is -2.11. The summed E-state index contributed by atoms with van der Waals surface area (Å²) >= 11 is 12.2. The minimum atomic E-state index is -0.313. The first-order valence-electron chi connectivity index (χ1n) is 8.21. The summed E-state index contributed by atoms with van der Waals surface area (Å²) in [6.45, 7) is 2.00. The number of hydrogen-bond donors (Lipinski definition) is 0. The fourth-order valence-corrected chi connectivity index (χ4v) is 3.16. The Bertz CT molecular complexity index is 1180. The highest BCUT2D eigenvalue weighted by Crippen LogP contribution is 2.33. The van der Waals surface area contributed by atoms with Crippen LogP contribution in [0.25, 0.3) is 22.5 Å². The predicted octanol–water partition coefficient (Wildman–Crippen LogP) is 6.25. The molecule has 0 atom stereocenters. The number of fused-ring (bicyclic) bond motifs is 1. The minimum absolute atomic E-state index is 0.0670. The smallest absolute Gasteiger partial charge is 0.235 e. The minimum Gasteiger partial charge on any atom is -0.481 e. The van der Waals surface area contributed by atoms with Crippen LogP contribution in [0.1, 0.15) is 11.1 Å². The van der Waals surface area contributed by atoms with Crippen molar-refractivity contribution in [2.75, 3.05) is 0 Å². The Balaban J connectivity index is 1.86. The highest BCUT2D eigenvalue weighted by molar-refractivity contribution is 6.32. The lowest BCUT2D eigenvalue weighted by Crippen LogP contribution is -2.10. The fraction of sp³-hybridized carbons (Fsp3) is 0.0952. The van der Waals surface area contributed by atoms with Crippen LogP contribution in [-0.4, -0.2) is 0 Å². The Labute approximate surface area is 164 Å². The van der Waals surface area contributed by atoms with Crippen LogP contribution in [-0.2, 0) is 6.61 Å². The second-order valence-corrected chi connectivity index (χ2v) is 6.93. The summed E-state index contributed by atoms with van der Waals surface area (Å²) in [6, 6.07) is 14.0. The Morgan fingerprint density at radius 1 is 1.07 bits per heavy atom. The molecule has 4 aromatic rings. The van der Waals surface area contributed by atoms with Gasteiger partial charge in [-0.25, -0.2) is 0 Å². The van der Waals surface area contributed by atoms with Gasteiger partial charge >= 0.3 is 0 Å². The molecule has 4 rings (SSSR count). The zero-order valence-electron chi connectivity index (χ0n) is 14.3. The molecule has 6 heteroatoms. The first kappa shape index (κ1) is 17.7. The van der Waals surface area contributed by atoms with Gasteiger partial charge in [-0.05, 0) is 54.4 Å². The number of rotatable bonds is 4. The van der Waals surface area contributed by atoms with E-state index in [0.717, 1.165) is 11.1 Å². The van der Waals surface area contributed by atoms with Crippen LogP contribution < -0.4 is 10.2 Å². The molecule has 2 aromatic heterocycles. The first-order valence-corrected chi connectivity index (χ1v) is 8.96. The first-order chi connectivity index (χ1) is 13.0. The van der Waals surface area contributed by atoms with Gasteiger partial charge in [-0.3, -0.25) is 4.79 Å². The monoisotopic (exact) mass is 400 g/mol. The van der Waals surface area contributed by atoms with Crippen molar-refractivity contribution in [3.8, 4) is 17.3 Å². The topological polar surface area (TPSA) is 52.6 Å². The van der Waals surface area contributed by atoms with E-state index in [-0.39, 0.29) is 23.5 Å². The van der Waals surface area contributed by atoms with Gasteiger partial charge in [0.2, 0.25) is 16.9 Å². The fourth-order valence-electron chi connectivity index (χ4n) is 2.78. The summed E-state index contributed by atoms with van der Waals surface area (Å²) in [7, 11) is 0. The molecular weight excluding hydrogens is 387 g/mol. The predicted molar refractivity (Wildman–Crippen MR) is 106 cm³/mol. The van der Waals surface area contributed by atoms with Crippen LogP contribution in [0.2, 0.25) is 10.0 Å². The molecule has 2 aromatic carbocycles. The van der Waals surface area contributed by atoms with E-state index in [9.17, 15) is 4.79 Å². The van der Waals surface area contributed by atoms with E-state index in [1.54, 1.807) is 36.4 Å². The number of furan rings is 1. The molecule has 0 unspecified atom stereocenters. The molecule has 0 radical (unpaired) electrons. The van der Waals surface area contributed by atoms with E-state index in [4.69, 9.17) is 36.8 Å². The van der Waals surface area contributed by atoms with Crippen LogP contribution in [0.4, 0.5) is 0 Å². The maximum Gasteiger partial charge on any atom is 0.235 e. The van der Waals surface area contributed by atoms with Gasteiger partial charge in [0.25, 0.3) is 0 Å². The molecule has 0 bridgehead atoms. The zero-order valence-corrected chi connectivity index (χ0v) is 15.8. The average Bonchev–Trinajstić information content (AvgIpc) is 3.17. The molecule has 136 valence electrons. The number of benzene rings is 2. The van der Waals surface area contributed by atoms with Gasteiger partial charge in [-0.2, -0.15) is 0 Å². The van der Waals surface area contributed by atoms with Gasteiger partial charge in [0.15, 0.2) is 5.76 Å².